The van der Waals surface area contributed by atoms with Crippen molar-refractivity contribution < 1.29 is 9.47 Å². The molecule has 164 valence electrons. The molecule has 2 heterocycles. The summed E-state index contributed by atoms with van der Waals surface area (Å²) in [6.45, 7) is 12.5. The molecule has 2 aliphatic heterocycles. The van der Waals surface area contributed by atoms with Gasteiger partial charge in [0.1, 0.15) is 0 Å². The number of hydrogen-bond donors (Lipinski definition) is 1. The van der Waals surface area contributed by atoms with Crippen LogP contribution in [0.5, 0.6) is 0 Å². The Labute approximate surface area is 193 Å². The summed E-state index contributed by atoms with van der Waals surface area (Å²) >= 11 is 0. The SMILES string of the molecule is CCNC(=NCC1(OC)CCOCC1)N1CCN(Cc2cccc(C)c2)CC1.I. The Morgan fingerprint density at radius 3 is 2.55 bits per heavy atom. The van der Waals surface area contributed by atoms with E-state index in [1.54, 1.807) is 7.11 Å². The van der Waals surface area contributed by atoms with Gasteiger partial charge in [-0.2, -0.15) is 0 Å². The molecule has 0 unspecified atom stereocenters. The molecule has 0 radical (unpaired) electrons. The van der Waals surface area contributed by atoms with Crippen molar-refractivity contribution in [3.05, 3.63) is 35.4 Å². The fourth-order valence-corrected chi connectivity index (χ4v) is 4.00. The number of halogens is 1. The molecule has 7 heteroatoms. The second-order valence-electron chi connectivity index (χ2n) is 7.92. The number of aliphatic imine (C=N–C) groups is 1. The summed E-state index contributed by atoms with van der Waals surface area (Å²) in [5, 5.41) is 3.48. The van der Waals surface area contributed by atoms with Crippen LogP contribution >= 0.6 is 24.0 Å². The zero-order chi connectivity index (χ0) is 19.8. The maximum atomic E-state index is 5.85. The van der Waals surface area contributed by atoms with Crippen LogP contribution in [0.15, 0.2) is 29.3 Å². The highest BCUT2D eigenvalue weighted by atomic mass is 127. The topological polar surface area (TPSA) is 49.3 Å². The predicted molar refractivity (Wildman–Crippen MR) is 129 cm³/mol. The van der Waals surface area contributed by atoms with E-state index in [0.717, 1.165) is 71.3 Å². The molecule has 1 aromatic carbocycles. The second-order valence-corrected chi connectivity index (χ2v) is 7.92. The zero-order valence-electron chi connectivity index (χ0n) is 18.2. The van der Waals surface area contributed by atoms with Crippen LogP contribution in [-0.4, -0.2) is 81.0 Å². The highest BCUT2D eigenvalue weighted by Gasteiger charge is 2.32. The molecule has 2 saturated heterocycles. The highest BCUT2D eigenvalue weighted by molar-refractivity contribution is 14.0. The molecule has 29 heavy (non-hydrogen) atoms. The number of aryl methyl sites for hydroxylation is 1. The Morgan fingerprint density at radius 2 is 1.93 bits per heavy atom. The number of hydrogen-bond acceptors (Lipinski definition) is 4. The van der Waals surface area contributed by atoms with E-state index in [1.165, 1.54) is 11.1 Å². The van der Waals surface area contributed by atoms with Crippen molar-refractivity contribution in [2.24, 2.45) is 4.99 Å². The first kappa shape index (κ1) is 24.4. The summed E-state index contributed by atoms with van der Waals surface area (Å²) < 4.78 is 11.4. The standard InChI is InChI=1S/C22H36N4O2.HI/c1-4-23-21(24-18-22(27-3)8-14-28-15-9-22)26-12-10-25(11-13-26)17-20-7-5-6-19(2)16-20;/h5-7,16H,4,8-15,17-18H2,1-3H3,(H,23,24);1H. The number of nitrogens with one attached hydrogen (secondary N) is 1. The van der Waals surface area contributed by atoms with E-state index < -0.39 is 0 Å². The van der Waals surface area contributed by atoms with Crippen molar-refractivity contribution in [3.63, 3.8) is 0 Å². The maximum absolute atomic E-state index is 5.85. The van der Waals surface area contributed by atoms with E-state index >= 15 is 0 Å². The lowest BCUT2D eigenvalue weighted by atomic mass is 9.94. The predicted octanol–water partition coefficient (Wildman–Crippen LogP) is 2.89. The molecule has 1 N–H and O–H groups in total. The number of rotatable bonds is 6. The van der Waals surface area contributed by atoms with Gasteiger partial charge in [0, 0.05) is 72.4 Å². The number of methoxy groups -OCH3 is 1. The van der Waals surface area contributed by atoms with Crippen molar-refractivity contribution in [3.8, 4) is 0 Å². The fourth-order valence-electron chi connectivity index (χ4n) is 4.00. The van der Waals surface area contributed by atoms with Gasteiger partial charge in [-0.15, -0.1) is 24.0 Å². The molecule has 0 aliphatic carbocycles. The number of nitrogens with zero attached hydrogens (tertiary/aromatic N) is 3. The number of ether oxygens (including phenoxy) is 2. The summed E-state index contributed by atoms with van der Waals surface area (Å²) in [6.07, 6.45) is 1.83. The first-order valence-electron chi connectivity index (χ1n) is 10.6. The lowest BCUT2D eigenvalue weighted by molar-refractivity contribution is -0.0829. The van der Waals surface area contributed by atoms with Crippen molar-refractivity contribution in [2.45, 2.75) is 38.8 Å². The van der Waals surface area contributed by atoms with E-state index in [0.29, 0.717) is 6.54 Å². The molecule has 0 amide bonds. The van der Waals surface area contributed by atoms with Crippen molar-refractivity contribution in [1.82, 2.24) is 15.1 Å². The van der Waals surface area contributed by atoms with Gasteiger partial charge >= 0.3 is 0 Å². The Bertz CT molecular complexity index is 641. The van der Waals surface area contributed by atoms with Crippen LogP contribution in [0.1, 0.15) is 30.9 Å². The minimum atomic E-state index is -0.175. The van der Waals surface area contributed by atoms with E-state index in [9.17, 15) is 0 Å². The van der Waals surface area contributed by atoms with Gasteiger partial charge in [0.25, 0.3) is 0 Å². The van der Waals surface area contributed by atoms with E-state index in [1.807, 2.05) is 0 Å². The Morgan fingerprint density at radius 1 is 1.21 bits per heavy atom. The molecule has 1 aromatic rings. The molecule has 0 aromatic heterocycles. The third-order valence-electron chi connectivity index (χ3n) is 5.85. The molecular weight excluding hydrogens is 479 g/mol. The molecule has 6 nitrogen and oxygen atoms in total. The van der Waals surface area contributed by atoms with Gasteiger partial charge in [-0.1, -0.05) is 29.8 Å². The molecule has 3 rings (SSSR count). The number of piperazine rings is 1. The lowest BCUT2D eigenvalue weighted by Crippen LogP contribution is -2.52. The smallest absolute Gasteiger partial charge is 0.194 e. The molecule has 0 bridgehead atoms. The Balaban J connectivity index is 0.00000300. The maximum Gasteiger partial charge on any atom is 0.194 e. The van der Waals surface area contributed by atoms with Gasteiger partial charge < -0.3 is 19.7 Å². The first-order chi connectivity index (χ1) is 13.6. The van der Waals surface area contributed by atoms with Crippen molar-refractivity contribution >= 4 is 29.9 Å². The molecule has 2 fully saturated rings. The quantitative estimate of drug-likeness (QED) is 0.358. The fraction of sp³-hybridized carbons (Fsp3) is 0.682. The number of guanidine groups is 1. The van der Waals surface area contributed by atoms with Crippen LogP contribution in [-0.2, 0) is 16.0 Å². The van der Waals surface area contributed by atoms with Crippen LogP contribution in [0, 0.1) is 6.92 Å². The van der Waals surface area contributed by atoms with Gasteiger partial charge in [-0.25, -0.2) is 0 Å². The minimum absolute atomic E-state index is 0. The summed E-state index contributed by atoms with van der Waals surface area (Å²) in [5.74, 6) is 1.01. The van der Waals surface area contributed by atoms with Crippen LogP contribution in [0.2, 0.25) is 0 Å². The van der Waals surface area contributed by atoms with Crippen molar-refractivity contribution in [2.75, 3.05) is 59.6 Å². The molecular formula is C22H37IN4O2. The van der Waals surface area contributed by atoms with Crippen LogP contribution < -0.4 is 5.32 Å². The van der Waals surface area contributed by atoms with Gasteiger partial charge in [0.2, 0.25) is 0 Å². The Kier molecular flexibility index (Phi) is 10.1. The monoisotopic (exact) mass is 516 g/mol. The lowest BCUT2D eigenvalue weighted by Gasteiger charge is -2.38. The normalized spacial score (nSPS) is 20.2. The minimum Gasteiger partial charge on any atom is -0.381 e. The van der Waals surface area contributed by atoms with Gasteiger partial charge in [-0.3, -0.25) is 9.89 Å². The molecule has 0 atom stereocenters. The second kappa shape index (κ2) is 12.1. The largest absolute Gasteiger partial charge is 0.381 e. The number of benzene rings is 1. The molecule has 0 spiro atoms. The summed E-state index contributed by atoms with van der Waals surface area (Å²) in [4.78, 5) is 9.88. The van der Waals surface area contributed by atoms with Gasteiger partial charge in [0.15, 0.2) is 5.96 Å². The average molecular weight is 516 g/mol. The zero-order valence-corrected chi connectivity index (χ0v) is 20.5. The van der Waals surface area contributed by atoms with Crippen LogP contribution in [0.25, 0.3) is 0 Å². The average Bonchev–Trinajstić information content (AvgIpc) is 2.72. The Hall–Kier alpha value is -0.900. The van der Waals surface area contributed by atoms with Crippen molar-refractivity contribution in [1.29, 1.82) is 0 Å². The van der Waals surface area contributed by atoms with Gasteiger partial charge in [0.05, 0.1) is 12.1 Å². The summed E-state index contributed by atoms with van der Waals surface area (Å²) in [7, 11) is 1.80. The molecule has 2 aliphatic rings. The highest BCUT2D eigenvalue weighted by Crippen LogP contribution is 2.25. The molecule has 0 saturated carbocycles. The summed E-state index contributed by atoms with van der Waals surface area (Å²) in [6, 6.07) is 8.82. The van der Waals surface area contributed by atoms with E-state index in [4.69, 9.17) is 14.5 Å². The van der Waals surface area contributed by atoms with Crippen LogP contribution in [0.3, 0.4) is 0 Å². The van der Waals surface area contributed by atoms with E-state index in [-0.39, 0.29) is 29.6 Å². The van der Waals surface area contributed by atoms with Crippen LogP contribution in [0.4, 0.5) is 0 Å². The third kappa shape index (κ3) is 7.08. The first-order valence-corrected chi connectivity index (χ1v) is 10.6. The van der Waals surface area contributed by atoms with E-state index in [2.05, 4.69) is 53.2 Å². The summed E-state index contributed by atoms with van der Waals surface area (Å²) in [5.41, 5.74) is 2.56. The third-order valence-corrected chi connectivity index (χ3v) is 5.85. The van der Waals surface area contributed by atoms with Gasteiger partial charge in [-0.05, 0) is 19.4 Å².